The lowest BCUT2D eigenvalue weighted by atomic mass is 9.92. The van der Waals surface area contributed by atoms with Crippen LogP contribution in [-0.2, 0) is 9.53 Å². The van der Waals surface area contributed by atoms with Crippen molar-refractivity contribution in [3.63, 3.8) is 0 Å². The number of nitrogens with zero attached hydrogens (tertiary/aromatic N) is 1. The van der Waals surface area contributed by atoms with E-state index in [0.717, 1.165) is 25.8 Å². The number of carbonyl (C=O) groups is 1. The minimum atomic E-state index is -1.36. The van der Waals surface area contributed by atoms with Crippen LogP contribution in [0.15, 0.2) is 0 Å². The van der Waals surface area contributed by atoms with Gasteiger partial charge in [-0.25, -0.2) is 0 Å². The summed E-state index contributed by atoms with van der Waals surface area (Å²) in [5.74, 6) is 0.350. The highest BCUT2D eigenvalue weighted by molar-refractivity contribution is 7.99. The molecular weight excluding hydrogens is 392 g/mol. The molecule has 9 heteroatoms. The minimum absolute atomic E-state index is 0.147. The van der Waals surface area contributed by atoms with Gasteiger partial charge < -0.3 is 25.4 Å². The van der Waals surface area contributed by atoms with Crippen molar-refractivity contribution in [2.45, 2.75) is 80.4 Å². The Balaban J connectivity index is 2.09. The highest BCUT2D eigenvalue weighted by Crippen LogP contribution is 2.31. The van der Waals surface area contributed by atoms with Crippen LogP contribution in [0, 0.1) is 5.92 Å². The number of hydrogen-bond acceptors (Lipinski definition) is 7. The maximum absolute atomic E-state index is 12.9. The molecule has 0 aromatic heterocycles. The molecule has 2 rings (SSSR count). The van der Waals surface area contributed by atoms with Gasteiger partial charge in [0.1, 0.15) is 29.9 Å². The van der Waals surface area contributed by atoms with E-state index in [1.165, 1.54) is 11.8 Å². The first-order valence-electron chi connectivity index (χ1n) is 9.58. The molecule has 2 aliphatic rings. The van der Waals surface area contributed by atoms with Gasteiger partial charge in [-0.15, -0.1) is 23.4 Å². The number of likely N-dealkylation sites (tertiary alicyclic amines) is 1. The predicted molar refractivity (Wildman–Crippen MR) is 107 cm³/mol. The van der Waals surface area contributed by atoms with Gasteiger partial charge in [0, 0.05) is 6.54 Å². The summed E-state index contributed by atoms with van der Waals surface area (Å²) >= 11 is 7.55. The van der Waals surface area contributed by atoms with Crippen LogP contribution in [0.4, 0.5) is 0 Å². The lowest BCUT2D eigenvalue weighted by Crippen LogP contribution is -2.65. The van der Waals surface area contributed by atoms with Crippen molar-refractivity contribution >= 4 is 29.3 Å². The van der Waals surface area contributed by atoms with Crippen molar-refractivity contribution in [3.8, 4) is 0 Å². The van der Waals surface area contributed by atoms with Gasteiger partial charge in [0.15, 0.2) is 0 Å². The maximum Gasteiger partial charge on any atom is 0.237 e. The highest BCUT2D eigenvalue weighted by Gasteiger charge is 2.48. The van der Waals surface area contributed by atoms with Gasteiger partial charge >= 0.3 is 0 Å². The van der Waals surface area contributed by atoms with Gasteiger partial charge in [-0.3, -0.25) is 9.69 Å². The number of rotatable bonds is 7. The lowest BCUT2D eigenvalue weighted by molar-refractivity contribution is -0.205. The SMILES string of the molecule is CCC[C@H]1C[C@@H](C(=O)N[C@@H]([C@H]2O[C@@H](SC)[C@@H](O)[C@@H](O)[C@H]2O)[C@@H](C)Cl)N(C)C1. The number of alkyl halides is 1. The quantitative estimate of drug-likeness (QED) is 0.438. The van der Waals surface area contributed by atoms with Gasteiger partial charge in [0.05, 0.1) is 17.5 Å². The molecule has 7 nitrogen and oxygen atoms in total. The largest absolute Gasteiger partial charge is 0.388 e. The molecule has 0 aliphatic carbocycles. The zero-order valence-electron chi connectivity index (χ0n) is 16.4. The smallest absolute Gasteiger partial charge is 0.237 e. The fraction of sp³-hybridized carbons (Fsp3) is 0.944. The van der Waals surface area contributed by atoms with Gasteiger partial charge in [0.25, 0.3) is 0 Å². The third kappa shape index (κ3) is 5.29. The van der Waals surface area contributed by atoms with Crippen LogP contribution in [0.25, 0.3) is 0 Å². The summed E-state index contributed by atoms with van der Waals surface area (Å²) in [6, 6.07) is -0.934. The van der Waals surface area contributed by atoms with Gasteiger partial charge in [-0.05, 0) is 39.0 Å². The number of hydrogen-bond donors (Lipinski definition) is 4. The average Bonchev–Trinajstić information content (AvgIpc) is 2.99. The van der Waals surface area contributed by atoms with E-state index in [-0.39, 0.29) is 11.9 Å². The van der Waals surface area contributed by atoms with Crippen LogP contribution in [0.2, 0.25) is 0 Å². The number of thioether (sulfide) groups is 1. The number of amides is 1. The first-order valence-corrected chi connectivity index (χ1v) is 11.3. The Morgan fingerprint density at radius 2 is 2.00 bits per heavy atom. The van der Waals surface area contributed by atoms with Gasteiger partial charge in [-0.1, -0.05) is 13.3 Å². The second kappa shape index (κ2) is 10.1. The summed E-state index contributed by atoms with van der Waals surface area (Å²) in [4.78, 5) is 14.9. The molecule has 2 saturated heterocycles. The van der Waals surface area contributed by atoms with E-state index in [9.17, 15) is 20.1 Å². The van der Waals surface area contributed by atoms with Crippen molar-refractivity contribution in [1.29, 1.82) is 0 Å². The molecule has 0 spiro atoms. The topological polar surface area (TPSA) is 102 Å². The average molecular weight is 425 g/mol. The molecule has 0 aromatic carbocycles. The molecule has 1 amide bonds. The maximum atomic E-state index is 12.9. The van der Waals surface area contributed by atoms with E-state index >= 15 is 0 Å². The lowest BCUT2D eigenvalue weighted by Gasteiger charge is -2.44. The second-order valence-corrected chi connectivity index (χ2v) is 9.36. The molecule has 0 radical (unpaired) electrons. The van der Waals surface area contributed by atoms with E-state index in [1.807, 2.05) is 11.9 Å². The molecule has 0 saturated carbocycles. The second-order valence-electron chi connectivity index (χ2n) is 7.73. The Morgan fingerprint density at radius 3 is 2.56 bits per heavy atom. The van der Waals surface area contributed by atoms with E-state index < -0.39 is 41.3 Å². The van der Waals surface area contributed by atoms with Crippen LogP contribution in [0.3, 0.4) is 0 Å². The number of likely N-dealkylation sites (N-methyl/N-ethyl adjacent to an activating group) is 1. The fourth-order valence-electron chi connectivity index (χ4n) is 4.11. The molecule has 2 fully saturated rings. The third-order valence-corrected chi connectivity index (χ3v) is 6.76. The Morgan fingerprint density at radius 1 is 1.33 bits per heavy atom. The first-order chi connectivity index (χ1) is 12.7. The third-order valence-electron chi connectivity index (χ3n) is 5.63. The minimum Gasteiger partial charge on any atom is -0.388 e. The Kier molecular flexibility index (Phi) is 8.67. The first kappa shape index (κ1) is 23.2. The normalized spacial score (nSPS) is 39.9. The molecule has 2 heterocycles. The summed E-state index contributed by atoms with van der Waals surface area (Å²) in [5.41, 5.74) is -0.702. The summed E-state index contributed by atoms with van der Waals surface area (Å²) in [6.45, 7) is 4.74. The number of ether oxygens (including phenoxy) is 1. The number of halogens is 1. The van der Waals surface area contributed by atoms with Gasteiger partial charge in [-0.2, -0.15) is 0 Å². The van der Waals surface area contributed by atoms with E-state index in [1.54, 1.807) is 13.2 Å². The van der Waals surface area contributed by atoms with Crippen LogP contribution in [0.5, 0.6) is 0 Å². The highest BCUT2D eigenvalue weighted by atomic mass is 35.5. The Hall–Kier alpha value is -0.0900. The fourth-order valence-corrected chi connectivity index (χ4v) is 5.00. The van der Waals surface area contributed by atoms with Gasteiger partial charge in [0.2, 0.25) is 5.91 Å². The molecular formula is C18H33ClN2O5S. The number of nitrogens with one attached hydrogen (secondary N) is 1. The summed E-state index contributed by atoms with van der Waals surface area (Å²) < 4.78 is 5.79. The molecule has 9 atom stereocenters. The van der Waals surface area contributed by atoms with Crippen LogP contribution in [0.1, 0.15) is 33.1 Å². The van der Waals surface area contributed by atoms with Crippen molar-refractivity contribution < 1.29 is 24.9 Å². The van der Waals surface area contributed by atoms with E-state index in [0.29, 0.717) is 5.92 Å². The van der Waals surface area contributed by atoms with Crippen molar-refractivity contribution in [3.05, 3.63) is 0 Å². The van der Waals surface area contributed by atoms with E-state index in [4.69, 9.17) is 16.3 Å². The number of carbonyl (C=O) groups excluding carboxylic acids is 1. The summed E-state index contributed by atoms with van der Waals surface area (Å²) in [7, 11) is 1.94. The van der Waals surface area contributed by atoms with Crippen LogP contribution in [-0.4, -0.2) is 93.3 Å². The zero-order valence-corrected chi connectivity index (χ0v) is 18.0. The molecule has 158 valence electrons. The molecule has 2 aliphatic heterocycles. The predicted octanol–water partition coefficient (Wildman–Crippen LogP) is 0.390. The number of aliphatic hydroxyl groups is 3. The number of aliphatic hydroxyl groups excluding tert-OH is 3. The molecule has 27 heavy (non-hydrogen) atoms. The van der Waals surface area contributed by atoms with Crippen LogP contribution < -0.4 is 5.32 Å². The van der Waals surface area contributed by atoms with Crippen molar-refractivity contribution in [2.24, 2.45) is 5.92 Å². The monoisotopic (exact) mass is 424 g/mol. The summed E-state index contributed by atoms with van der Waals surface area (Å²) in [5, 5.41) is 33.0. The molecule has 4 N–H and O–H groups in total. The molecule has 0 unspecified atom stereocenters. The van der Waals surface area contributed by atoms with Crippen LogP contribution >= 0.6 is 23.4 Å². The molecule has 0 aromatic rings. The Bertz CT molecular complexity index is 498. The van der Waals surface area contributed by atoms with Crippen molar-refractivity contribution in [2.75, 3.05) is 19.8 Å². The standard InChI is InChI=1S/C18H33ClN2O5S/c1-5-6-10-7-11(21(3)8-10)17(25)20-12(9(2)19)16-14(23)13(22)15(24)18(26-16)27-4/h9-16,18,22-24H,5-8H2,1-4H3,(H,20,25)/t9-,10+,11+,12-,13+,14-,15+,16-,18+/m1/s1. The summed E-state index contributed by atoms with van der Waals surface area (Å²) in [6.07, 6.45) is -0.0980. The zero-order chi connectivity index (χ0) is 20.3. The van der Waals surface area contributed by atoms with E-state index in [2.05, 4.69) is 12.2 Å². The van der Waals surface area contributed by atoms with Crippen molar-refractivity contribution in [1.82, 2.24) is 10.2 Å². The Labute approximate surface area is 170 Å². The molecule has 0 bridgehead atoms.